The summed E-state index contributed by atoms with van der Waals surface area (Å²) in [4.78, 5) is 50.0. The van der Waals surface area contributed by atoms with E-state index in [0.717, 1.165) is 11.3 Å². The van der Waals surface area contributed by atoms with Gasteiger partial charge in [0.2, 0.25) is 11.0 Å². The first-order valence-corrected chi connectivity index (χ1v) is 10.3. The van der Waals surface area contributed by atoms with E-state index in [4.69, 9.17) is 0 Å². The number of hydrogen-bond acceptors (Lipinski definition) is 7. The number of anilines is 1. The van der Waals surface area contributed by atoms with Crippen LogP contribution in [0, 0.1) is 0 Å². The number of imide groups is 1. The van der Waals surface area contributed by atoms with E-state index in [9.17, 15) is 19.2 Å². The molecule has 2 heterocycles. The summed E-state index contributed by atoms with van der Waals surface area (Å²) in [5, 5.41) is 13.8. The van der Waals surface area contributed by atoms with Crippen LogP contribution in [0.1, 0.15) is 36.1 Å². The molecular weight excluding hydrogens is 418 g/mol. The third-order valence-electron chi connectivity index (χ3n) is 4.59. The van der Waals surface area contributed by atoms with E-state index in [2.05, 4.69) is 20.8 Å². The summed E-state index contributed by atoms with van der Waals surface area (Å²) in [6, 6.07) is 15.3. The van der Waals surface area contributed by atoms with E-state index < -0.39 is 5.91 Å². The van der Waals surface area contributed by atoms with Crippen LogP contribution >= 0.6 is 11.3 Å². The first-order chi connectivity index (χ1) is 15.0. The maximum absolute atomic E-state index is 12.4. The number of fused-ring (bicyclic) bond motifs is 1. The summed E-state index contributed by atoms with van der Waals surface area (Å²) in [6.45, 7) is -0.0419. The Labute approximate surface area is 181 Å². The molecule has 4 amide bonds. The van der Waals surface area contributed by atoms with Gasteiger partial charge in [-0.2, -0.15) is 0 Å². The third-order valence-corrected chi connectivity index (χ3v) is 5.48. The number of amides is 4. The second kappa shape index (κ2) is 8.84. The zero-order valence-corrected chi connectivity index (χ0v) is 17.0. The summed E-state index contributed by atoms with van der Waals surface area (Å²) < 4.78 is 0. The van der Waals surface area contributed by atoms with E-state index in [0.29, 0.717) is 28.1 Å². The van der Waals surface area contributed by atoms with Gasteiger partial charge in [-0.05, 0) is 24.3 Å². The van der Waals surface area contributed by atoms with Gasteiger partial charge in [0.15, 0.2) is 0 Å². The van der Waals surface area contributed by atoms with Crippen molar-refractivity contribution in [3.8, 4) is 0 Å². The predicted molar refractivity (Wildman–Crippen MR) is 113 cm³/mol. The van der Waals surface area contributed by atoms with E-state index in [-0.39, 0.29) is 35.9 Å². The Kier molecular flexibility index (Phi) is 5.80. The van der Waals surface area contributed by atoms with E-state index in [1.807, 2.05) is 0 Å². The van der Waals surface area contributed by atoms with E-state index in [1.165, 1.54) is 4.90 Å². The lowest BCUT2D eigenvalue weighted by molar-refractivity contribution is -0.115. The van der Waals surface area contributed by atoms with Gasteiger partial charge in [0.1, 0.15) is 5.01 Å². The minimum Gasteiger partial charge on any atom is -0.343 e. The van der Waals surface area contributed by atoms with Crippen LogP contribution in [0.3, 0.4) is 0 Å². The van der Waals surface area contributed by atoms with Crippen molar-refractivity contribution in [2.45, 2.75) is 6.42 Å². The average Bonchev–Trinajstić information content (AvgIpc) is 3.33. The van der Waals surface area contributed by atoms with Crippen LogP contribution in [-0.4, -0.2) is 51.8 Å². The van der Waals surface area contributed by atoms with Crippen molar-refractivity contribution in [2.24, 2.45) is 0 Å². The Bertz CT molecular complexity index is 1130. The maximum Gasteiger partial charge on any atom is 0.261 e. The highest BCUT2D eigenvalue weighted by Gasteiger charge is 2.34. The Morgan fingerprint density at radius 3 is 2.23 bits per heavy atom. The van der Waals surface area contributed by atoms with E-state index >= 15 is 0 Å². The van der Waals surface area contributed by atoms with Gasteiger partial charge in [0, 0.05) is 18.5 Å². The topological polar surface area (TPSA) is 121 Å². The molecule has 0 aliphatic carbocycles. The smallest absolute Gasteiger partial charge is 0.261 e. The van der Waals surface area contributed by atoms with Crippen LogP contribution in [0.25, 0.3) is 0 Å². The number of carbonyl (C=O) groups is 4. The van der Waals surface area contributed by atoms with Gasteiger partial charge < -0.3 is 5.32 Å². The Hall–Kier alpha value is -3.92. The van der Waals surface area contributed by atoms with Crippen molar-refractivity contribution in [1.82, 2.24) is 20.4 Å². The molecule has 0 unspecified atom stereocenters. The lowest BCUT2D eigenvalue weighted by Crippen LogP contribution is -2.32. The van der Waals surface area contributed by atoms with Crippen LogP contribution in [0.15, 0.2) is 54.6 Å². The fraction of sp³-hybridized carbons (Fsp3) is 0.143. The van der Waals surface area contributed by atoms with Crippen molar-refractivity contribution < 1.29 is 19.2 Å². The molecule has 0 fully saturated rings. The second-order valence-electron chi connectivity index (χ2n) is 6.66. The molecule has 3 aromatic rings. The highest BCUT2D eigenvalue weighted by atomic mass is 32.1. The first kappa shape index (κ1) is 20.4. The molecule has 0 saturated carbocycles. The number of rotatable bonds is 7. The molecular formula is C21H17N5O4S. The van der Waals surface area contributed by atoms with Crippen molar-refractivity contribution in [1.29, 1.82) is 0 Å². The summed E-state index contributed by atoms with van der Waals surface area (Å²) in [5.74, 6) is -1.44. The number of carbonyl (C=O) groups excluding carboxylic acids is 4. The molecule has 1 aliphatic heterocycles. The number of benzene rings is 2. The largest absolute Gasteiger partial charge is 0.343 e. The van der Waals surface area contributed by atoms with Crippen LogP contribution in [-0.2, 0) is 11.2 Å². The molecule has 0 saturated heterocycles. The normalized spacial score (nSPS) is 12.6. The zero-order chi connectivity index (χ0) is 21.8. The number of nitrogens with one attached hydrogen (secondary N) is 2. The molecule has 2 N–H and O–H groups in total. The van der Waals surface area contributed by atoms with Gasteiger partial charge in [0.25, 0.3) is 17.7 Å². The van der Waals surface area contributed by atoms with Gasteiger partial charge in [-0.1, -0.05) is 41.7 Å². The highest BCUT2D eigenvalue weighted by molar-refractivity contribution is 7.15. The predicted octanol–water partition coefficient (Wildman–Crippen LogP) is 1.75. The van der Waals surface area contributed by atoms with Crippen molar-refractivity contribution >= 4 is 40.1 Å². The second-order valence-corrected chi connectivity index (χ2v) is 7.72. The fourth-order valence-corrected chi connectivity index (χ4v) is 3.82. The van der Waals surface area contributed by atoms with Crippen LogP contribution in [0.5, 0.6) is 0 Å². The van der Waals surface area contributed by atoms with Crippen molar-refractivity contribution in [2.75, 3.05) is 18.4 Å². The first-order valence-electron chi connectivity index (χ1n) is 9.43. The third kappa shape index (κ3) is 4.48. The molecule has 0 atom stereocenters. The molecule has 2 aromatic carbocycles. The summed E-state index contributed by atoms with van der Waals surface area (Å²) >= 11 is 1.15. The van der Waals surface area contributed by atoms with Gasteiger partial charge in [-0.25, -0.2) is 0 Å². The molecule has 0 bridgehead atoms. The van der Waals surface area contributed by atoms with Gasteiger partial charge in [-0.15, -0.1) is 10.2 Å². The van der Waals surface area contributed by atoms with Crippen molar-refractivity contribution in [3.05, 3.63) is 76.3 Å². The molecule has 9 nitrogen and oxygen atoms in total. The number of aromatic nitrogens is 2. The monoisotopic (exact) mass is 435 g/mol. The standard InChI is InChI=1S/C21H17N5O4S/c27-16(12-22-18(28)13-6-2-1-3-7-13)23-21-25-24-17(31-21)10-11-26-19(29)14-8-4-5-9-15(14)20(26)30/h1-9H,10-12H2,(H,22,28)(H,23,25,27). The van der Waals surface area contributed by atoms with Crippen LogP contribution in [0.2, 0.25) is 0 Å². The minimum atomic E-state index is -0.438. The molecule has 31 heavy (non-hydrogen) atoms. The zero-order valence-electron chi connectivity index (χ0n) is 16.2. The van der Waals surface area contributed by atoms with Gasteiger partial charge >= 0.3 is 0 Å². The molecule has 1 aromatic heterocycles. The van der Waals surface area contributed by atoms with Gasteiger partial charge in [-0.3, -0.25) is 29.4 Å². The Morgan fingerprint density at radius 2 is 1.55 bits per heavy atom. The average molecular weight is 435 g/mol. The summed E-state index contributed by atoms with van der Waals surface area (Å²) in [6.07, 6.45) is 0.323. The number of hydrogen-bond donors (Lipinski definition) is 2. The van der Waals surface area contributed by atoms with Crippen molar-refractivity contribution in [3.63, 3.8) is 0 Å². The quantitative estimate of drug-likeness (QED) is 0.546. The summed E-state index contributed by atoms with van der Waals surface area (Å²) in [5.41, 5.74) is 1.26. The molecule has 4 rings (SSSR count). The molecule has 1 aliphatic rings. The molecule has 0 radical (unpaired) electrons. The summed E-state index contributed by atoms with van der Waals surface area (Å²) in [7, 11) is 0. The highest BCUT2D eigenvalue weighted by Crippen LogP contribution is 2.23. The Morgan fingerprint density at radius 1 is 0.903 bits per heavy atom. The van der Waals surface area contributed by atoms with Gasteiger partial charge in [0.05, 0.1) is 17.7 Å². The number of nitrogens with zero attached hydrogens (tertiary/aromatic N) is 3. The molecule has 156 valence electrons. The lowest BCUT2D eigenvalue weighted by atomic mass is 10.1. The molecule has 0 spiro atoms. The SMILES string of the molecule is O=C(CNC(=O)c1ccccc1)Nc1nnc(CCN2C(=O)c3ccccc3C2=O)s1. The minimum absolute atomic E-state index is 0.169. The lowest BCUT2D eigenvalue weighted by Gasteiger charge is -2.12. The van der Waals surface area contributed by atoms with E-state index in [1.54, 1.807) is 54.6 Å². The fourth-order valence-electron chi connectivity index (χ4n) is 3.07. The van der Waals surface area contributed by atoms with Crippen LogP contribution in [0.4, 0.5) is 5.13 Å². The maximum atomic E-state index is 12.4. The molecule has 10 heteroatoms. The Balaban J connectivity index is 1.27. The van der Waals surface area contributed by atoms with Crippen LogP contribution < -0.4 is 10.6 Å².